The third kappa shape index (κ3) is 62.6. The molecule has 87 heavy (non-hydrogen) atoms. The van der Waals surface area contributed by atoms with E-state index in [2.05, 4.69) is 41.5 Å². The first-order valence-corrected chi connectivity index (χ1v) is 38.5. The molecule has 17 nitrogen and oxygen atoms in total. The quantitative estimate of drug-likeness (QED) is 0.0222. The summed E-state index contributed by atoms with van der Waals surface area (Å²) in [5.74, 6) is -0.555. The molecule has 2 unspecified atom stereocenters. The van der Waals surface area contributed by atoms with E-state index < -0.39 is 97.5 Å². The van der Waals surface area contributed by atoms with Crippen molar-refractivity contribution in [1.82, 2.24) is 0 Å². The summed E-state index contributed by atoms with van der Waals surface area (Å²) in [7, 11) is -9.88. The van der Waals surface area contributed by atoms with E-state index in [0.717, 1.165) is 108 Å². The number of aliphatic hydroxyl groups is 1. The maximum atomic E-state index is 13.0. The highest BCUT2D eigenvalue weighted by Gasteiger charge is 2.30. The molecule has 3 N–H and O–H groups in total. The lowest BCUT2D eigenvalue weighted by molar-refractivity contribution is -0.161. The molecule has 0 aromatic heterocycles. The number of hydrogen-bond acceptors (Lipinski definition) is 15. The fourth-order valence-electron chi connectivity index (χ4n) is 10.2. The average Bonchev–Trinajstić information content (AvgIpc) is 3.66. The van der Waals surface area contributed by atoms with Crippen molar-refractivity contribution >= 4 is 39.5 Å². The Balaban J connectivity index is 5.14. The number of hydrogen-bond donors (Lipinski definition) is 3. The van der Waals surface area contributed by atoms with Crippen molar-refractivity contribution in [3.05, 3.63) is 0 Å². The van der Waals surface area contributed by atoms with Crippen LogP contribution < -0.4 is 0 Å². The van der Waals surface area contributed by atoms with Gasteiger partial charge in [0.05, 0.1) is 26.4 Å². The molecule has 0 aromatic rings. The van der Waals surface area contributed by atoms with Crippen LogP contribution in [0.1, 0.15) is 343 Å². The normalized spacial score (nSPS) is 14.2. The Hall–Kier alpha value is -1.94. The second-order valence-electron chi connectivity index (χ2n) is 25.5. The summed E-state index contributed by atoms with van der Waals surface area (Å²) in [6.45, 7) is 9.47. The summed E-state index contributed by atoms with van der Waals surface area (Å²) in [5, 5.41) is 10.5. The predicted molar refractivity (Wildman–Crippen MR) is 349 cm³/mol. The van der Waals surface area contributed by atoms with Crippen molar-refractivity contribution in [1.29, 1.82) is 0 Å². The summed E-state index contributed by atoms with van der Waals surface area (Å²) in [6, 6.07) is 0. The van der Waals surface area contributed by atoms with Gasteiger partial charge in [0.1, 0.15) is 19.3 Å². The zero-order chi connectivity index (χ0) is 64.3. The summed E-state index contributed by atoms with van der Waals surface area (Å²) in [6.07, 6.45) is 44.8. The minimum absolute atomic E-state index is 0.105. The van der Waals surface area contributed by atoms with Crippen molar-refractivity contribution in [3.63, 3.8) is 0 Å². The molecule has 5 atom stereocenters. The monoisotopic (exact) mass is 1280 g/mol. The van der Waals surface area contributed by atoms with Crippen LogP contribution in [-0.4, -0.2) is 96.7 Å². The van der Waals surface area contributed by atoms with E-state index in [0.29, 0.717) is 25.7 Å². The van der Waals surface area contributed by atoms with Crippen LogP contribution in [0.25, 0.3) is 0 Å². The molecular weight excluding hydrogens is 1150 g/mol. The standard InChI is InChI=1S/C68H132O17P2/c1-7-9-11-13-14-26-34-40-46-52-67(72)84-63(56-78-65(70)50-44-36-12-10-8-2)58-82-86(74,75)80-54-62(69)55-81-87(76,77)83-59-64(57-79-66(71)51-45-39-33-29-24-21-20-23-28-32-38-43-49-61(5)6)85-68(73)53-47-41-35-30-25-19-17-15-16-18-22-27-31-37-42-48-60(3)4/h60-64,69H,7-59H2,1-6H3,(H,74,75)(H,76,77)/t62-,63+,64+/m0/s1. The van der Waals surface area contributed by atoms with Crippen LogP contribution in [0.3, 0.4) is 0 Å². The number of phosphoric ester groups is 2. The molecule has 0 saturated heterocycles. The Morgan fingerprint density at radius 2 is 0.529 bits per heavy atom. The largest absolute Gasteiger partial charge is 0.472 e. The lowest BCUT2D eigenvalue weighted by Gasteiger charge is -2.21. The summed E-state index contributed by atoms with van der Waals surface area (Å²) in [4.78, 5) is 72.1. The highest BCUT2D eigenvalue weighted by atomic mass is 31.2. The highest BCUT2D eigenvalue weighted by Crippen LogP contribution is 2.45. The zero-order valence-corrected chi connectivity index (χ0v) is 58.1. The first-order valence-electron chi connectivity index (χ1n) is 35.5. The molecule has 0 aliphatic rings. The van der Waals surface area contributed by atoms with E-state index in [1.807, 2.05) is 0 Å². The SMILES string of the molecule is CCCCCCCCCCCC(=O)O[C@H](COC(=O)CCCCCCC)COP(=O)(O)OC[C@H](O)COP(=O)(O)OC[C@@H](COC(=O)CCCCCCCCCCCCCCC(C)C)OC(=O)CCCCCCCCCCCCCCCCCC(C)C. The molecule has 19 heteroatoms. The number of rotatable bonds is 67. The van der Waals surface area contributed by atoms with Crippen LogP contribution in [0, 0.1) is 11.8 Å². The molecule has 0 saturated carbocycles. The van der Waals surface area contributed by atoms with E-state index in [1.165, 1.54) is 154 Å². The molecular formula is C68H132O17P2. The second kappa shape index (κ2) is 60.3. The molecule has 0 amide bonds. The Labute approximate surface area is 530 Å². The van der Waals surface area contributed by atoms with Crippen LogP contribution >= 0.6 is 15.6 Å². The smallest absolute Gasteiger partial charge is 0.462 e. The number of esters is 4. The number of carbonyl (C=O) groups excluding carboxylic acids is 4. The topological polar surface area (TPSA) is 237 Å². The molecule has 0 spiro atoms. The minimum Gasteiger partial charge on any atom is -0.462 e. The number of aliphatic hydroxyl groups excluding tert-OH is 1. The highest BCUT2D eigenvalue weighted by molar-refractivity contribution is 7.47. The lowest BCUT2D eigenvalue weighted by atomic mass is 10.0. The van der Waals surface area contributed by atoms with Gasteiger partial charge in [-0.2, -0.15) is 0 Å². The van der Waals surface area contributed by atoms with Crippen molar-refractivity contribution < 1.29 is 80.2 Å². The van der Waals surface area contributed by atoms with Gasteiger partial charge in [0, 0.05) is 25.7 Å². The van der Waals surface area contributed by atoms with Gasteiger partial charge in [-0.05, 0) is 37.5 Å². The summed E-state index contributed by atoms with van der Waals surface area (Å²) in [5.41, 5.74) is 0. The van der Waals surface area contributed by atoms with E-state index in [1.54, 1.807) is 0 Å². The second-order valence-corrected chi connectivity index (χ2v) is 28.4. The first kappa shape index (κ1) is 85.1. The van der Waals surface area contributed by atoms with Crippen molar-refractivity contribution in [2.45, 2.75) is 362 Å². The molecule has 516 valence electrons. The predicted octanol–water partition coefficient (Wildman–Crippen LogP) is 19.2. The molecule has 0 radical (unpaired) electrons. The molecule has 0 bridgehead atoms. The van der Waals surface area contributed by atoms with E-state index in [9.17, 15) is 43.2 Å². The number of phosphoric acid groups is 2. The van der Waals surface area contributed by atoms with Crippen LogP contribution in [0.2, 0.25) is 0 Å². The summed E-state index contributed by atoms with van der Waals surface area (Å²) >= 11 is 0. The zero-order valence-electron chi connectivity index (χ0n) is 56.3. The minimum atomic E-state index is -4.95. The number of ether oxygens (including phenoxy) is 4. The van der Waals surface area contributed by atoms with E-state index in [4.69, 9.17) is 37.0 Å². The van der Waals surface area contributed by atoms with Crippen LogP contribution in [0.15, 0.2) is 0 Å². The fraction of sp³-hybridized carbons (Fsp3) is 0.941. The summed E-state index contributed by atoms with van der Waals surface area (Å²) < 4.78 is 67.9. The molecule has 0 fully saturated rings. The van der Waals surface area contributed by atoms with Gasteiger partial charge >= 0.3 is 39.5 Å². The van der Waals surface area contributed by atoms with E-state index in [-0.39, 0.29) is 25.7 Å². The van der Waals surface area contributed by atoms with Crippen molar-refractivity contribution in [2.75, 3.05) is 39.6 Å². The van der Waals surface area contributed by atoms with Gasteiger partial charge in [0.2, 0.25) is 0 Å². The van der Waals surface area contributed by atoms with Crippen LogP contribution in [-0.2, 0) is 65.4 Å². The third-order valence-electron chi connectivity index (χ3n) is 15.7. The first-order chi connectivity index (χ1) is 41.9. The number of unbranched alkanes of at least 4 members (excludes halogenated alkanes) is 37. The van der Waals surface area contributed by atoms with Crippen LogP contribution in [0.4, 0.5) is 0 Å². The Kier molecular flexibility index (Phi) is 59.0. The van der Waals surface area contributed by atoms with Gasteiger partial charge in [-0.15, -0.1) is 0 Å². The Morgan fingerprint density at radius 3 is 0.782 bits per heavy atom. The Morgan fingerprint density at radius 1 is 0.310 bits per heavy atom. The fourth-order valence-corrected chi connectivity index (χ4v) is 11.8. The number of carbonyl (C=O) groups is 4. The van der Waals surface area contributed by atoms with Gasteiger partial charge in [-0.25, -0.2) is 9.13 Å². The van der Waals surface area contributed by atoms with Crippen molar-refractivity contribution in [3.8, 4) is 0 Å². The third-order valence-corrected chi connectivity index (χ3v) is 17.6. The molecule has 0 aromatic carbocycles. The Bertz CT molecular complexity index is 1700. The van der Waals surface area contributed by atoms with Gasteiger partial charge in [-0.3, -0.25) is 37.3 Å². The van der Waals surface area contributed by atoms with Gasteiger partial charge in [-0.1, -0.05) is 292 Å². The molecule has 0 heterocycles. The average molecular weight is 1280 g/mol. The van der Waals surface area contributed by atoms with Gasteiger partial charge in [0.15, 0.2) is 12.2 Å². The maximum Gasteiger partial charge on any atom is 0.472 e. The van der Waals surface area contributed by atoms with E-state index >= 15 is 0 Å². The molecule has 0 rings (SSSR count). The van der Waals surface area contributed by atoms with Crippen LogP contribution in [0.5, 0.6) is 0 Å². The lowest BCUT2D eigenvalue weighted by Crippen LogP contribution is -2.30. The molecule has 0 aliphatic heterocycles. The van der Waals surface area contributed by atoms with Crippen molar-refractivity contribution in [2.24, 2.45) is 11.8 Å². The maximum absolute atomic E-state index is 13.0. The molecule has 0 aliphatic carbocycles. The van der Waals surface area contributed by atoms with Gasteiger partial charge in [0.25, 0.3) is 0 Å². The van der Waals surface area contributed by atoms with Gasteiger partial charge < -0.3 is 33.8 Å².